The van der Waals surface area contributed by atoms with Gasteiger partial charge in [-0.15, -0.1) is 0 Å². The Morgan fingerprint density at radius 3 is 2.90 bits per heavy atom. The summed E-state index contributed by atoms with van der Waals surface area (Å²) in [7, 11) is 0. The largest absolute Gasteiger partial charge is 0.327 e. The van der Waals surface area contributed by atoms with Crippen LogP contribution >= 0.6 is 0 Å². The molecule has 0 amide bonds. The molecule has 1 rings (SSSR count). The molecule has 5 heteroatoms. The molecule has 0 aliphatic heterocycles. The number of hydrogen-bond acceptors (Lipinski definition) is 3. The smallest absolute Gasteiger partial charge is 0.202 e. The van der Waals surface area contributed by atoms with E-state index in [0.717, 1.165) is 17.5 Å². The van der Waals surface area contributed by atoms with Crippen LogP contribution in [0.15, 0.2) is 0 Å². The molecule has 0 N–H and O–H groups in total. The minimum absolute atomic E-state index is 0.565. The van der Waals surface area contributed by atoms with Crippen LogP contribution < -0.4 is 0 Å². The van der Waals surface area contributed by atoms with Crippen molar-refractivity contribution in [2.75, 3.05) is 0 Å². The number of rotatable bonds is 3. The van der Waals surface area contributed by atoms with Crippen molar-refractivity contribution < 1.29 is 4.39 Å². The second-order valence-electron chi connectivity index (χ2n) is 2.02. The summed E-state index contributed by atoms with van der Waals surface area (Å²) in [6.07, 6.45) is 1.31. The van der Waals surface area contributed by atoms with Gasteiger partial charge in [-0.2, -0.15) is 4.39 Å². The predicted octanol–water partition coefficient (Wildman–Crippen LogP) is 0.612. The van der Waals surface area contributed by atoms with Gasteiger partial charge >= 0.3 is 6.08 Å². The van der Waals surface area contributed by atoms with Crippen molar-refractivity contribution in [3.63, 3.8) is 0 Å². The van der Waals surface area contributed by atoms with Gasteiger partial charge in [-0.3, -0.25) is 0 Å². The van der Waals surface area contributed by atoms with Gasteiger partial charge in [-0.1, -0.05) is 18.4 Å². The molecule has 0 bridgehead atoms. The summed E-state index contributed by atoms with van der Waals surface area (Å²) in [6.45, 7) is 2.59. The van der Waals surface area contributed by atoms with Crippen molar-refractivity contribution in [3.05, 3.63) is 6.08 Å². The average molecular weight is 144 g/mol. The lowest BCUT2D eigenvalue weighted by atomic mass is 10.3. The second kappa shape index (κ2) is 3.24. The fourth-order valence-corrected chi connectivity index (χ4v) is 0.639. The molecular formula is C5H9FN4. The van der Waals surface area contributed by atoms with E-state index in [1.54, 1.807) is 0 Å². The second-order valence-corrected chi connectivity index (χ2v) is 2.02. The third-order valence-corrected chi connectivity index (χ3v) is 1.21. The molecule has 10 heavy (non-hydrogen) atoms. The highest BCUT2D eigenvalue weighted by Gasteiger charge is 2.00. The molecule has 1 aromatic rings. The van der Waals surface area contributed by atoms with Crippen LogP contribution in [0.1, 0.15) is 19.8 Å². The van der Waals surface area contributed by atoms with Crippen LogP contribution in [0, 0.1) is 6.08 Å². The molecule has 0 unspecified atom stereocenters. The van der Waals surface area contributed by atoms with Crippen molar-refractivity contribution in [2.45, 2.75) is 26.3 Å². The Kier molecular flexibility index (Phi) is 2.30. The highest BCUT2D eigenvalue weighted by atomic mass is 19.1. The minimum Gasteiger partial charge on any atom is -0.202 e. The molecule has 0 aliphatic rings. The number of aromatic nitrogens is 4. The normalized spacial score (nSPS) is 10.2. The third-order valence-electron chi connectivity index (χ3n) is 1.21. The molecule has 0 saturated carbocycles. The van der Waals surface area contributed by atoms with Crippen molar-refractivity contribution in [2.24, 2.45) is 0 Å². The first kappa shape index (κ1) is 7.11. The summed E-state index contributed by atoms with van der Waals surface area (Å²) in [6, 6.07) is 0. The molecule has 1 heterocycles. The van der Waals surface area contributed by atoms with Gasteiger partial charge < -0.3 is 0 Å². The maximum atomic E-state index is 12.4. The third kappa shape index (κ3) is 1.49. The number of aryl methyl sites for hydroxylation is 1. The zero-order valence-corrected chi connectivity index (χ0v) is 5.79. The van der Waals surface area contributed by atoms with Gasteiger partial charge in [-0.25, -0.2) is 4.68 Å². The van der Waals surface area contributed by atoms with Crippen LogP contribution in [0.4, 0.5) is 4.39 Å². The minimum atomic E-state index is -0.603. The van der Waals surface area contributed by atoms with Gasteiger partial charge in [0, 0.05) is 6.54 Å². The SMILES string of the molecule is CCCCn1nnnc1F. The summed E-state index contributed by atoms with van der Waals surface area (Å²) in [5.41, 5.74) is 0. The van der Waals surface area contributed by atoms with Crippen molar-refractivity contribution >= 4 is 0 Å². The molecule has 0 saturated heterocycles. The van der Waals surface area contributed by atoms with Crippen molar-refractivity contribution in [1.29, 1.82) is 0 Å². The van der Waals surface area contributed by atoms with Crippen LogP contribution in [-0.4, -0.2) is 20.2 Å². The summed E-state index contributed by atoms with van der Waals surface area (Å²) in [4.78, 5) is 0. The topological polar surface area (TPSA) is 43.6 Å². The van der Waals surface area contributed by atoms with E-state index >= 15 is 0 Å². The van der Waals surface area contributed by atoms with E-state index in [0.29, 0.717) is 6.54 Å². The molecule has 4 nitrogen and oxygen atoms in total. The lowest BCUT2D eigenvalue weighted by Crippen LogP contribution is -2.02. The van der Waals surface area contributed by atoms with E-state index in [4.69, 9.17) is 0 Å². The molecule has 56 valence electrons. The Morgan fingerprint density at radius 2 is 2.40 bits per heavy atom. The Morgan fingerprint density at radius 1 is 1.60 bits per heavy atom. The van der Waals surface area contributed by atoms with Crippen LogP contribution in [-0.2, 0) is 6.54 Å². The molecule has 0 aromatic carbocycles. The summed E-state index contributed by atoms with van der Waals surface area (Å²) in [5.74, 6) is 0. The van der Waals surface area contributed by atoms with Gasteiger partial charge in [0.05, 0.1) is 0 Å². The number of unbranched alkanes of at least 4 members (excludes halogenated alkanes) is 1. The maximum absolute atomic E-state index is 12.4. The van der Waals surface area contributed by atoms with Crippen LogP contribution in [0.2, 0.25) is 0 Å². The zero-order valence-electron chi connectivity index (χ0n) is 5.79. The Bertz CT molecular complexity index is 197. The van der Waals surface area contributed by atoms with Gasteiger partial charge in [-0.05, 0) is 16.8 Å². The number of halogens is 1. The first-order chi connectivity index (χ1) is 4.84. The maximum Gasteiger partial charge on any atom is 0.327 e. The van der Waals surface area contributed by atoms with E-state index in [-0.39, 0.29) is 0 Å². The lowest BCUT2D eigenvalue weighted by Gasteiger charge is -1.94. The van der Waals surface area contributed by atoms with Crippen LogP contribution in [0.25, 0.3) is 0 Å². The number of tetrazole rings is 1. The standard InChI is InChI=1S/C5H9FN4/c1-2-3-4-10-5(6)7-8-9-10/h2-4H2,1H3. The van der Waals surface area contributed by atoms with Crippen LogP contribution in [0.5, 0.6) is 0 Å². The Labute approximate surface area is 58.0 Å². The van der Waals surface area contributed by atoms with E-state index in [1.807, 2.05) is 6.92 Å². The average Bonchev–Trinajstić information content (AvgIpc) is 2.31. The first-order valence-electron chi connectivity index (χ1n) is 3.26. The number of hydrogen-bond donors (Lipinski definition) is 0. The molecule has 0 aliphatic carbocycles. The van der Waals surface area contributed by atoms with E-state index in [9.17, 15) is 4.39 Å². The van der Waals surface area contributed by atoms with Gasteiger partial charge in [0.1, 0.15) is 0 Å². The molecule has 0 radical (unpaired) electrons. The van der Waals surface area contributed by atoms with Gasteiger partial charge in [0.25, 0.3) is 0 Å². The fraction of sp³-hybridized carbons (Fsp3) is 0.800. The quantitative estimate of drug-likeness (QED) is 0.624. The Balaban J connectivity index is 2.49. The summed E-state index contributed by atoms with van der Waals surface area (Å²) < 4.78 is 13.6. The van der Waals surface area contributed by atoms with Gasteiger partial charge in [0.2, 0.25) is 0 Å². The Hall–Kier alpha value is -1.00. The van der Waals surface area contributed by atoms with Crippen molar-refractivity contribution in [1.82, 2.24) is 20.2 Å². The zero-order chi connectivity index (χ0) is 7.40. The number of nitrogens with zero attached hydrogens (tertiary/aromatic N) is 4. The molecule has 1 aromatic heterocycles. The fourth-order valence-electron chi connectivity index (χ4n) is 0.639. The van der Waals surface area contributed by atoms with Crippen molar-refractivity contribution in [3.8, 4) is 0 Å². The predicted molar refractivity (Wildman–Crippen MR) is 32.7 cm³/mol. The van der Waals surface area contributed by atoms with Gasteiger partial charge in [0.15, 0.2) is 0 Å². The first-order valence-corrected chi connectivity index (χ1v) is 3.26. The summed E-state index contributed by atoms with van der Waals surface area (Å²) >= 11 is 0. The molecule has 0 spiro atoms. The molecule has 0 fully saturated rings. The van der Waals surface area contributed by atoms with E-state index in [1.165, 1.54) is 0 Å². The lowest BCUT2D eigenvalue weighted by molar-refractivity contribution is 0.425. The highest BCUT2D eigenvalue weighted by Crippen LogP contribution is 1.93. The van der Waals surface area contributed by atoms with E-state index in [2.05, 4.69) is 15.5 Å². The van der Waals surface area contributed by atoms with E-state index < -0.39 is 6.08 Å². The molecule has 0 atom stereocenters. The monoisotopic (exact) mass is 144 g/mol. The van der Waals surface area contributed by atoms with Crippen LogP contribution in [0.3, 0.4) is 0 Å². The molecular weight excluding hydrogens is 135 g/mol. The highest BCUT2D eigenvalue weighted by molar-refractivity contribution is 4.52. The summed E-state index contributed by atoms with van der Waals surface area (Å²) in [5, 5.41) is 9.70.